The Kier molecular flexibility index (Phi) is 6.11. The highest BCUT2D eigenvalue weighted by molar-refractivity contribution is 7.92. The molecule has 3 rings (SSSR count). The van der Waals surface area contributed by atoms with E-state index in [0.29, 0.717) is 17.8 Å². The smallest absolute Gasteiger partial charge is 0.264 e. The molecular formula is C22H22N2O3S. The quantitative estimate of drug-likeness (QED) is 0.662. The van der Waals surface area contributed by atoms with Crippen molar-refractivity contribution in [1.82, 2.24) is 5.32 Å². The SMILES string of the molecule is CCNC(=O)c1cccc(N(Cc2ccccc2)S(=O)(=O)c2ccccc2)c1. The van der Waals surface area contributed by atoms with Crippen molar-refractivity contribution in [1.29, 1.82) is 0 Å². The molecule has 0 aromatic heterocycles. The number of carbonyl (C=O) groups is 1. The summed E-state index contributed by atoms with van der Waals surface area (Å²) < 4.78 is 28.1. The van der Waals surface area contributed by atoms with Crippen molar-refractivity contribution < 1.29 is 13.2 Å². The predicted octanol–water partition coefficient (Wildman–Crippen LogP) is 3.83. The van der Waals surface area contributed by atoms with Crippen LogP contribution in [0.3, 0.4) is 0 Å². The van der Waals surface area contributed by atoms with Crippen molar-refractivity contribution in [2.45, 2.75) is 18.4 Å². The van der Waals surface area contributed by atoms with Crippen LogP contribution in [0.2, 0.25) is 0 Å². The number of hydrogen-bond donors (Lipinski definition) is 1. The fourth-order valence-corrected chi connectivity index (χ4v) is 4.31. The van der Waals surface area contributed by atoms with Gasteiger partial charge in [0.05, 0.1) is 17.1 Å². The van der Waals surface area contributed by atoms with Crippen LogP contribution < -0.4 is 9.62 Å². The minimum Gasteiger partial charge on any atom is -0.352 e. The van der Waals surface area contributed by atoms with Crippen LogP contribution in [-0.4, -0.2) is 20.9 Å². The van der Waals surface area contributed by atoms with E-state index in [-0.39, 0.29) is 17.3 Å². The predicted molar refractivity (Wildman–Crippen MR) is 111 cm³/mol. The summed E-state index contributed by atoms with van der Waals surface area (Å²) in [4.78, 5) is 12.4. The molecule has 0 atom stereocenters. The van der Waals surface area contributed by atoms with Crippen molar-refractivity contribution in [3.05, 3.63) is 96.1 Å². The lowest BCUT2D eigenvalue weighted by Crippen LogP contribution is -2.31. The van der Waals surface area contributed by atoms with Gasteiger partial charge in [0, 0.05) is 12.1 Å². The Bertz CT molecular complexity index is 1040. The van der Waals surface area contributed by atoms with Crippen LogP contribution in [0, 0.1) is 0 Å². The second-order valence-electron chi connectivity index (χ2n) is 6.22. The molecule has 0 saturated carbocycles. The van der Waals surface area contributed by atoms with E-state index in [9.17, 15) is 13.2 Å². The van der Waals surface area contributed by atoms with E-state index >= 15 is 0 Å². The van der Waals surface area contributed by atoms with Gasteiger partial charge in [-0.1, -0.05) is 54.6 Å². The maximum absolute atomic E-state index is 13.4. The van der Waals surface area contributed by atoms with E-state index < -0.39 is 10.0 Å². The fraction of sp³-hybridized carbons (Fsp3) is 0.136. The summed E-state index contributed by atoms with van der Waals surface area (Å²) in [7, 11) is -3.81. The molecule has 1 amide bonds. The third-order valence-corrected chi connectivity index (χ3v) is 6.02. The van der Waals surface area contributed by atoms with Crippen LogP contribution in [0.5, 0.6) is 0 Å². The molecule has 0 bridgehead atoms. The largest absolute Gasteiger partial charge is 0.352 e. The third kappa shape index (κ3) is 4.40. The van der Waals surface area contributed by atoms with Crippen molar-refractivity contribution in [3.8, 4) is 0 Å². The standard InChI is InChI=1S/C22H22N2O3S/c1-2-23-22(25)19-12-9-13-20(16-19)24(17-18-10-5-3-6-11-18)28(26,27)21-14-7-4-8-15-21/h3-16H,2,17H2,1H3,(H,23,25). The van der Waals surface area contributed by atoms with Crippen molar-refractivity contribution in [2.75, 3.05) is 10.8 Å². The molecule has 144 valence electrons. The van der Waals surface area contributed by atoms with Crippen molar-refractivity contribution in [3.63, 3.8) is 0 Å². The number of nitrogens with zero attached hydrogens (tertiary/aromatic N) is 1. The minimum absolute atomic E-state index is 0.164. The number of hydrogen-bond acceptors (Lipinski definition) is 3. The van der Waals surface area contributed by atoms with Crippen molar-refractivity contribution >= 4 is 21.6 Å². The number of rotatable bonds is 7. The molecule has 0 aliphatic carbocycles. The van der Waals surface area contributed by atoms with Crippen LogP contribution in [-0.2, 0) is 16.6 Å². The Hall–Kier alpha value is -3.12. The van der Waals surface area contributed by atoms with E-state index in [2.05, 4.69) is 5.32 Å². The highest BCUT2D eigenvalue weighted by Gasteiger charge is 2.25. The second-order valence-corrected chi connectivity index (χ2v) is 8.08. The molecule has 0 spiro atoms. The van der Waals surface area contributed by atoms with Gasteiger partial charge in [0.15, 0.2) is 0 Å². The molecule has 0 saturated heterocycles. The molecule has 0 unspecified atom stereocenters. The van der Waals surface area contributed by atoms with Gasteiger partial charge in [0.25, 0.3) is 15.9 Å². The Balaban J connectivity index is 2.07. The van der Waals surface area contributed by atoms with Gasteiger partial charge in [-0.15, -0.1) is 0 Å². The number of carbonyl (C=O) groups excluding carboxylic acids is 1. The first-order valence-corrected chi connectivity index (χ1v) is 10.5. The molecule has 6 heteroatoms. The molecule has 0 heterocycles. The second kappa shape index (κ2) is 8.71. The van der Waals surface area contributed by atoms with Gasteiger partial charge in [-0.2, -0.15) is 0 Å². The van der Waals surface area contributed by atoms with Gasteiger partial charge in [0.2, 0.25) is 0 Å². The van der Waals surface area contributed by atoms with Gasteiger partial charge in [-0.3, -0.25) is 9.10 Å². The summed E-state index contributed by atoms with van der Waals surface area (Å²) in [5, 5.41) is 2.74. The lowest BCUT2D eigenvalue weighted by atomic mass is 10.1. The summed E-state index contributed by atoms with van der Waals surface area (Å²) in [5.41, 5.74) is 1.71. The summed E-state index contributed by atoms with van der Waals surface area (Å²) in [5.74, 6) is -0.235. The van der Waals surface area contributed by atoms with Gasteiger partial charge < -0.3 is 5.32 Å². The minimum atomic E-state index is -3.81. The summed E-state index contributed by atoms with van der Waals surface area (Å²) in [6.07, 6.45) is 0. The van der Waals surface area contributed by atoms with Crippen LogP contribution in [0.1, 0.15) is 22.8 Å². The van der Waals surface area contributed by atoms with Crippen LogP contribution >= 0.6 is 0 Å². The van der Waals surface area contributed by atoms with E-state index in [1.807, 2.05) is 37.3 Å². The lowest BCUT2D eigenvalue weighted by molar-refractivity contribution is 0.0956. The zero-order chi connectivity index (χ0) is 20.0. The topological polar surface area (TPSA) is 66.5 Å². The van der Waals surface area contributed by atoms with E-state index in [4.69, 9.17) is 0 Å². The summed E-state index contributed by atoms with van der Waals surface area (Å²) >= 11 is 0. The van der Waals surface area contributed by atoms with Crippen LogP contribution in [0.4, 0.5) is 5.69 Å². The van der Waals surface area contributed by atoms with Gasteiger partial charge in [-0.25, -0.2) is 8.42 Å². The molecule has 0 fully saturated rings. The van der Waals surface area contributed by atoms with Gasteiger partial charge in [0.1, 0.15) is 0 Å². The number of benzene rings is 3. The average molecular weight is 394 g/mol. The maximum Gasteiger partial charge on any atom is 0.264 e. The zero-order valence-corrected chi connectivity index (χ0v) is 16.4. The first-order valence-electron chi connectivity index (χ1n) is 9.02. The number of nitrogens with one attached hydrogen (secondary N) is 1. The average Bonchev–Trinajstić information content (AvgIpc) is 2.73. The Morgan fingerprint density at radius 3 is 2.18 bits per heavy atom. The molecule has 3 aromatic carbocycles. The summed E-state index contributed by atoms with van der Waals surface area (Å²) in [6.45, 7) is 2.50. The Labute approximate surface area is 165 Å². The van der Waals surface area contributed by atoms with Gasteiger partial charge >= 0.3 is 0 Å². The van der Waals surface area contributed by atoms with Crippen LogP contribution in [0.25, 0.3) is 0 Å². The Morgan fingerprint density at radius 1 is 0.893 bits per heavy atom. The first kappa shape index (κ1) is 19.6. The third-order valence-electron chi connectivity index (χ3n) is 4.23. The van der Waals surface area contributed by atoms with Crippen molar-refractivity contribution in [2.24, 2.45) is 0 Å². The zero-order valence-electron chi connectivity index (χ0n) is 15.6. The number of amides is 1. The molecule has 3 aromatic rings. The molecule has 28 heavy (non-hydrogen) atoms. The molecule has 1 N–H and O–H groups in total. The molecular weight excluding hydrogens is 372 g/mol. The number of sulfonamides is 1. The fourth-order valence-electron chi connectivity index (χ4n) is 2.85. The molecule has 0 radical (unpaired) electrons. The highest BCUT2D eigenvalue weighted by Crippen LogP contribution is 2.26. The number of anilines is 1. The monoisotopic (exact) mass is 394 g/mol. The van der Waals surface area contributed by atoms with Gasteiger partial charge in [-0.05, 0) is 42.8 Å². The highest BCUT2D eigenvalue weighted by atomic mass is 32.2. The van der Waals surface area contributed by atoms with E-state index in [0.717, 1.165) is 5.56 Å². The van der Waals surface area contributed by atoms with Crippen LogP contribution in [0.15, 0.2) is 89.8 Å². The maximum atomic E-state index is 13.4. The Morgan fingerprint density at radius 2 is 1.54 bits per heavy atom. The summed E-state index contributed by atoms with van der Waals surface area (Å²) in [6, 6.07) is 24.3. The molecule has 5 nitrogen and oxygen atoms in total. The first-order chi connectivity index (χ1) is 13.5. The molecule has 0 aliphatic heterocycles. The van der Waals surface area contributed by atoms with E-state index in [1.165, 1.54) is 4.31 Å². The molecule has 0 aliphatic rings. The van der Waals surface area contributed by atoms with E-state index in [1.54, 1.807) is 54.6 Å². The normalized spacial score (nSPS) is 11.0. The lowest BCUT2D eigenvalue weighted by Gasteiger charge is -2.25.